The molecule has 0 spiro atoms. The van der Waals surface area contributed by atoms with Gasteiger partial charge in [-0.25, -0.2) is 9.13 Å². The minimum Gasteiger partial charge on any atom is -0.404 e. The van der Waals surface area contributed by atoms with E-state index in [0.29, 0.717) is 0 Å². The molecule has 2 rings (SSSR count). The van der Waals surface area contributed by atoms with Gasteiger partial charge in [0.1, 0.15) is 11.5 Å². The smallest absolute Gasteiger partial charge is 0.404 e. The Balaban J connectivity index is 0.000000257. The lowest BCUT2D eigenvalue weighted by Crippen LogP contribution is -1.91. The van der Waals surface area contributed by atoms with Gasteiger partial charge in [-0.2, -0.15) is 0 Å². The van der Waals surface area contributed by atoms with Crippen molar-refractivity contribution >= 4 is 21.3 Å². The topological polar surface area (TPSA) is 177 Å². The second kappa shape index (κ2) is 8.72. The molecule has 0 bridgehead atoms. The number of hydrogen-bond donors (Lipinski definition) is 4. The largest absolute Gasteiger partial charge is 0.524 e. The summed E-state index contributed by atoms with van der Waals surface area (Å²) in [6.45, 7) is 0. The summed E-state index contributed by atoms with van der Waals surface area (Å²) in [7, 11) is -8.98. The molecular weight excluding hydrogens is 380 g/mol. The predicted molar refractivity (Wildman–Crippen MR) is 84.9 cm³/mol. The molecule has 11 nitrogen and oxygen atoms in total. The minimum atomic E-state index is -4.60. The number of nitro benzene ring substituents is 1. The minimum absolute atomic E-state index is 0.121. The van der Waals surface area contributed by atoms with Crippen LogP contribution in [0.1, 0.15) is 0 Å². The van der Waals surface area contributed by atoms with Gasteiger partial charge in [0.25, 0.3) is 5.69 Å². The molecule has 2 aromatic rings. The molecule has 0 fully saturated rings. The van der Waals surface area contributed by atoms with Crippen molar-refractivity contribution in [2.45, 2.75) is 0 Å². The lowest BCUT2D eigenvalue weighted by atomic mass is 10.3. The van der Waals surface area contributed by atoms with Gasteiger partial charge < -0.3 is 9.05 Å². The van der Waals surface area contributed by atoms with Gasteiger partial charge in [0, 0.05) is 12.1 Å². The molecule has 0 aliphatic carbocycles. The van der Waals surface area contributed by atoms with Crippen LogP contribution in [0.2, 0.25) is 0 Å². The van der Waals surface area contributed by atoms with Crippen LogP contribution in [-0.4, -0.2) is 24.5 Å². The zero-order valence-corrected chi connectivity index (χ0v) is 14.1. The van der Waals surface area contributed by atoms with Crippen molar-refractivity contribution in [3.8, 4) is 11.5 Å². The number of phosphoric ester groups is 2. The highest BCUT2D eigenvalue weighted by Gasteiger charge is 2.16. The average Bonchev–Trinajstić information content (AvgIpc) is 2.46. The van der Waals surface area contributed by atoms with Gasteiger partial charge in [0.2, 0.25) is 0 Å². The fourth-order valence-corrected chi connectivity index (χ4v) is 2.18. The molecular formula is C12H13NO10P2. The predicted octanol–water partition coefficient (Wildman–Crippen LogP) is 2.22. The first kappa shape index (κ1) is 20.8. The Kier molecular flexibility index (Phi) is 7.25. The molecule has 25 heavy (non-hydrogen) atoms. The lowest BCUT2D eigenvalue weighted by Gasteiger charge is -2.05. The zero-order chi connectivity index (χ0) is 19.1. The van der Waals surface area contributed by atoms with E-state index in [1.807, 2.05) is 0 Å². The maximum absolute atomic E-state index is 10.4. The second-order valence-electron chi connectivity index (χ2n) is 4.23. The molecule has 0 amide bonds. The van der Waals surface area contributed by atoms with Gasteiger partial charge in [-0.05, 0) is 24.3 Å². The molecule has 0 radical (unpaired) electrons. The van der Waals surface area contributed by atoms with E-state index in [2.05, 4.69) is 9.05 Å². The normalized spacial score (nSPS) is 11.0. The van der Waals surface area contributed by atoms with E-state index in [1.165, 1.54) is 12.1 Å². The Bertz CT molecular complexity index is 783. The van der Waals surface area contributed by atoms with E-state index < -0.39 is 20.6 Å². The summed E-state index contributed by atoms with van der Waals surface area (Å²) in [6, 6.07) is 12.3. The summed E-state index contributed by atoms with van der Waals surface area (Å²) >= 11 is 0. The van der Waals surface area contributed by atoms with E-state index in [9.17, 15) is 19.2 Å². The number of phosphoric acid groups is 2. The molecule has 13 heteroatoms. The average molecular weight is 393 g/mol. The van der Waals surface area contributed by atoms with Gasteiger partial charge in [0.15, 0.2) is 0 Å². The Morgan fingerprint density at radius 1 is 0.760 bits per heavy atom. The van der Waals surface area contributed by atoms with Crippen LogP contribution in [0, 0.1) is 10.1 Å². The summed E-state index contributed by atoms with van der Waals surface area (Å²) in [5, 5.41) is 10.2. The fraction of sp³-hybridized carbons (Fsp3) is 0. The lowest BCUT2D eigenvalue weighted by molar-refractivity contribution is -0.384. The number of nitro groups is 1. The van der Waals surface area contributed by atoms with Crippen LogP contribution >= 0.6 is 15.6 Å². The van der Waals surface area contributed by atoms with E-state index in [0.717, 1.165) is 24.3 Å². The zero-order valence-electron chi connectivity index (χ0n) is 12.3. The molecule has 2 aromatic carbocycles. The Morgan fingerprint density at radius 3 is 1.52 bits per heavy atom. The summed E-state index contributed by atoms with van der Waals surface area (Å²) in [4.78, 5) is 43.1. The first-order valence-electron chi connectivity index (χ1n) is 6.26. The summed E-state index contributed by atoms with van der Waals surface area (Å²) in [5.74, 6) is 0.0461. The second-order valence-corrected chi connectivity index (χ2v) is 6.56. The molecule has 0 atom stereocenters. The molecule has 0 heterocycles. The molecule has 0 aromatic heterocycles. The summed E-state index contributed by atoms with van der Waals surface area (Å²) in [6.07, 6.45) is 0. The van der Waals surface area contributed by atoms with E-state index >= 15 is 0 Å². The molecule has 0 aliphatic rings. The number of para-hydroxylation sites is 1. The maximum atomic E-state index is 10.4. The summed E-state index contributed by atoms with van der Waals surface area (Å²) < 4.78 is 29.1. The summed E-state index contributed by atoms with van der Waals surface area (Å²) in [5.41, 5.74) is -0.178. The van der Waals surface area contributed by atoms with Crippen molar-refractivity contribution in [1.82, 2.24) is 0 Å². The van der Waals surface area contributed by atoms with Gasteiger partial charge >= 0.3 is 15.6 Å². The van der Waals surface area contributed by atoms with Crippen LogP contribution in [0.5, 0.6) is 11.5 Å². The van der Waals surface area contributed by atoms with Gasteiger partial charge in [0.05, 0.1) is 4.92 Å². The number of benzene rings is 2. The maximum Gasteiger partial charge on any atom is 0.524 e. The SMILES string of the molecule is O=P(O)(O)Oc1ccccc1.O=[N+]([O-])c1ccc(OP(=O)(O)O)cc1. The van der Waals surface area contributed by atoms with Crippen molar-refractivity contribution in [3.05, 3.63) is 64.7 Å². The highest BCUT2D eigenvalue weighted by Crippen LogP contribution is 2.38. The van der Waals surface area contributed by atoms with Crippen molar-refractivity contribution in [3.63, 3.8) is 0 Å². The van der Waals surface area contributed by atoms with Gasteiger partial charge in [-0.15, -0.1) is 0 Å². The van der Waals surface area contributed by atoms with Crippen molar-refractivity contribution in [1.29, 1.82) is 0 Å². The quantitative estimate of drug-likeness (QED) is 0.334. The van der Waals surface area contributed by atoms with Crippen LogP contribution in [-0.2, 0) is 9.13 Å². The van der Waals surface area contributed by atoms with Crippen molar-refractivity contribution < 1.29 is 42.7 Å². The highest BCUT2D eigenvalue weighted by atomic mass is 31.2. The van der Waals surface area contributed by atoms with E-state index in [-0.39, 0.29) is 17.2 Å². The monoisotopic (exact) mass is 393 g/mol. The van der Waals surface area contributed by atoms with Crippen LogP contribution in [0.3, 0.4) is 0 Å². The third-order valence-electron chi connectivity index (χ3n) is 2.24. The van der Waals surface area contributed by atoms with Gasteiger partial charge in [-0.1, -0.05) is 18.2 Å². The fourth-order valence-electron chi connectivity index (χ4n) is 1.38. The molecule has 4 N–H and O–H groups in total. The Labute approximate surface area is 141 Å². The number of hydrogen-bond acceptors (Lipinski definition) is 6. The Hall–Kier alpha value is -2.26. The van der Waals surface area contributed by atoms with Crippen molar-refractivity contribution in [2.24, 2.45) is 0 Å². The highest BCUT2D eigenvalue weighted by molar-refractivity contribution is 7.47. The third kappa shape index (κ3) is 9.58. The van der Waals surface area contributed by atoms with E-state index in [1.54, 1.807) is 18.2 Å². The molecule has 0 unspecified atom stereocenters. The molecule has 0 saturated heterocycles. The first-order chi connectivity index (χ1) is 11.5. The van der Waals surface area contributed by atoms with Crippen molar-refractivity contribution in [2.75, 3.05) is 0 Å². The Morgan fingerprint density at radius 2 is 1.16 bits per heavy atom. The van der Waals surface area contributed by atoms with Gasteiger partial charge in [-0.3, -0.25) is 29.7 Å². The van der Waals surface area contributed by atoms with Crippen LogP contribution in [0.15, 0.2) is 54.6 Å². The van der Waals surface area contributed by atoms with E-state index in [4.69, 9.17) is 19.6 Å². The van der Waals surface area contributed by atoms with Crippen LogP contribution in [0.25, 0.3) is 0 Å². The first-order valence-corrected chi connectivity index (χ1v) is 9.32. The third-order valence-corrected chi connectivity index (χ3v) is 3.14. The molecule has 0 aliphatic heterocycles. The molecule has 0 saturated carbocycles. The van der Waals surface area contributed by atoms with Crippen LogP contribution < -0.4 is 9.05 Å². The number of nitrogens with zero attached hydrogens (tertiary/aromatic N) is 1. The van der Waals surface area contributed by atoms with Crippen LogP contribution in [0.4, 0.5) is 5.69 Å². The molecule has 136 valence electrons. The standard InChI is InChI=1S/C6H6NO6P.C6H7O4P/c8-7(9)5-1-3-6(4-2-5)13-14(10,11)12;7-11(8,9)10-6-4-2-1-3-5-6/h1-4H,(H2,10,11,12);1-5H,(H2,7,8,9). The number of rotatable bonds is 5. The number of non-ortho nitro benzene ring substituents is 1.